The van der Waals surface area contributed by atoms with Crippen LogP contribution < -0.4 is 0 Å². The van der Waals surface area contributed by atoms with Crippen molar-refractivity contribution in [2.75, 3.05) is 6.61 Å². The predicted octanol–water partition coefficient (Wildman–Crippen LogP) is 1.40. The van der Waals surface area contributed by atoms with Gasteiger partial charge in [0.1, 0.15) is 0 Å². The molecule has 0 spiro atoms. The topological polar surface area (TPSA) is 32.6 Å². The number of hydrogen-bond acceptors (Lipinski definition) is 2. The maximum absolute atomic E-state index is 8.69. The molecule has 0 aliphatic rings. The van der Waals surface area contributed by atoms with Gasteiger partial charge < -0.3 is 5.11 Å². The molecule has 0 aliphatic heterocycles. The van der Waals surface area contributed by atoms with E-state index in [-0.39, 0.29) is 12.6 Å². The normalized spacial score (nSPS) is 15.1. The van der Waals surface area contributed by atoms with Crippen LogP contribution in [0, 0.1) is 0 Å². The molecule has 0 fully saturated rings. The molecule has 0 aromatic rings. The smallest absolute Gasteiger partial charge is 0.0727 e. The first-order chi connectivity index (χ1) is 4.85. The first kappa shape index (κ1) is 9.37. The van der Waals surface area contributed by atoms with Crippen LogP contribution in [0.1, 0.15) is 20.3 Å². The maximum Gasteiger partial charge on any atom is 0.0727 e. The van der Waals surface area contributed by atoms with Crippen LogP contribution in [0.5, 0.6) is 0 Å². The molecule has 1 atom stereocenters. The average Bonchev–Trinajstić information content (AvgIpc) is 1.99. The summed E-state index contributed by atoms with van der Waals surface area (Å²) in [5, 5.41) is 8.69. The minimum absolute atomic E-state index is 0.0798. The third-order valence-electron chi connectivity index (χ3n) is 1.26. The Balaban J connectivity index is 3.60. The molecule has 10 heavy (non-hydrogen) atoms. The maximum atomic E-state index is 8.69. The van der Waals surface area contributed by atoms with Crippen molar-refractivity contribution in [3.8, 4) is 0 Å². The van der Waals surface area contributed by atoms with Gasteiger partial charge in [0.25, 0.3) is 0 Å². The van der Waals surface area contributed by atoms with Gasteiger partial charge in [0, 0.05) is 6.21 Å². The second-order valence-corrected chi connectivity index (χ2v) is 2.07. The van der Waals surface area contributed by atoms with Crippen molar-refractivity contribution >= 4 is 6.21 Å². The standard InChI is InChI=1S/C8H15NO/c1-3-5-6-9-8(4-2)7-10/h3,5-6,8,10H,4,7H2,1-2H3. The summed E-state index contributed by atoms with van der Waals surface area (Å²) >= 11 is 0. The number of nitrogens with zero attached hydrogens (tertiary/aromatic N) is 1. The van der Waals surface area contributed by atoms with Crippen molar-refractivity contribution in [3.63, 3.8) is 0 Å². The van der Waals surface area contributed by atoms with Crippen LogP contribution >= 0.6 is 0 Å². The molecule has 0 radical (unpaired) electrons. The van der Waals surface area contributed by atoms with Crippen molar-refractivity contribution in [2.24, 2.45) is 4.99 Å². The molecule has 0 rings (SSSR count). The van der Waals surface area contributed by atoms with Crippen LogP contribution in [0.25, 0.3) is 0 Å². The van der Waals surface area contributed by atoms with Gasteiger partial charge >= 0.3 is 0 Å². The molecular weight excluding hydrogens is 126 g/mol. The van der Waals surface area contributed by atoms with Crippen LogP contribution in [0.4, 0.5) is 0 Å². The Labute approximate surface area is 62.3 Å². The molecule has 1 unspecified atom stereocenters. The summed E-state index contributed by atoms with van der Waals surface area (Å²) < 4.78 is 0. The fourth-order valence-corrected chi connectivity index (χ4v) is 0.539. The SMILES string of the molecule is CC=CC=NC(CC)CO. The zero-order valence-corrected chi connectivity index (χ0v) is 6.62. The number of aliphatic hydroxyl groups is 1. The van der Waals surface area contributed by atoms with Gasteiger partial charge in [0.2, 0.25) is 0 Å². The lowest BCUT2D eigenvalue weighted by Crippen LogP contribution is -2.07. The molecule has 0 saturated heterocycles. The molecule has 2 nitrogen and oxygen atoms in total. The minimum Gasteiger partial charge on any atom is -0.394 e. The monoisotopic (exact) mass is 141 g/mol. The molecule has 0 heterocycles. The number of aliphatic imine (C=N–C) groups is 1. The Morgan fingerprint density at radius 2 is 2.30 bits per heavy atom. The van der Waals surface area contributed by atoms with Crippen LogP contribution in [0.3, 0.4) is 0 Å². The van der Waals surface area contributed by atoms with Gasteiger partial charge in [0.05, 0.1) is 12.6 Å². The molecular formula is C8H15NO. The number of aliphatic hydroxyl groups excluding tert-OH is 1. The summed E-state index contributed by atoms with van der Waals surface area (Å²) in [6, 6.07) is 0.0798. The van der Waals surface area contributed by atoms with E-state index in [2.05, 4.69) is 4.99 Å². The fourth-order valence-electron chi connectivity index (χ4n) is 0.539. The first-order valence-electron chi connectivity index (χ1n) is 3.60. The molecule has 0 amide bonds. The van der Waals surface area contributed by atoms with Crippen molar-refractivity contribution in [1.29, 1.82) is 0 Å². The summed E-state index contributed by atoms with van der Waals surface area (Å²) in [5.74, 6) is 0. The van der Waals surface area contributed by atoms with Gasteiger partial charge in [-0.15, -0.1) is 0 Å². The summed E-state index contributed by atoms with van der Waals surface area (Å²) in [4.78, 5) is 4.09. The second-order valence-electron chi connectivity index (χ2n) is 2.07. The van der Waals surface area contributed by atoms with Gasteiger partial charge in [-0.3, -0.25) is 4.99 Å². The van der Waals surface area contributed by atoms with E-state index in [0.29, 0.717) is 0 Å². The van der Waals surface area contributed by atoms with E-state index in [9.17, 15) is 0 Å². The van der Waals surface area contributed by atoms with Crippen LogP contribution in [-0.2, 0) is 0 Å². The van der Waals surface area contributed by atoms with Gasteiger partial charge in [-0.25, -0.2) is 0 Å². The molecule has 58 valence electrons. The first-order valence-corrected chi connectivity index (χ1v) is 3.60. The van der Waals surface area contributed by atoms with Gasteiger partial charge in [-0.1, -0.05) is 13.0 Å². The van der Waals surface area contributed by atoms with Crippen LogP contribution in [-0.4, -0.2) is 24.0 Å². The van der Waals surface area contributed by atoms with Crippen LogP contribution in [0.2, 0.25) is 0 Å². The number of allylic oxidation sites excluding steroid dienone is 2. The molecule has 0 aliphatic carbocycles. The van der Waals surface area contributed by atoms with Gasteiger partial charge in [0.15, 0.2) is 0 Å². The van der Waals surface area contributed by atoms with E-state index in [1.54, 1.807) is 6.21 Å². The van der Waals surface area contributed by atoms with Crippen molar-refractivity contribution < 1.29 is 5.11 Å². The molecule has 1 N–H and O–H groups in total. The highest BCUT2D eigenvalue weighted by Gasteiger charge is 1.96. The summed E-state index contributed by atoms with van der Waals surface area (Å²) in [7, 11) is 0. The lowest BCUT2D eigenvalue weighted by molar-refractivity contribution is 0.264. The highest BCUT2D eigenvalue weighted by atomic mass is 16.3. The largest absolute Gasteiger partial charge is 0.394 e. The van der Waals surface area contributed by atoms with Gasteiger partial charge in [-0.05, 0) is 19.4 Å². The van der Waals surface area contributed by atoms with Crippen molar-refractivity contribution in [1.82, 2.24) is 0 Å². The van der Waals surface area contributed by atoms with E-state index < -0.39 is 0 Å². The quantitative estimate of drug-likeness (QED) is 0.590. The van der Waals surface area contributed by atoms with E-state index in [1.165, 1.54) is 0 Å². The highest BCUT2D eigenvalue weighted by molar-refractivity contribution is 5.70. The minimum atomic E-state index is 0.0798. The van der Waals surface area contributed by atoms with E-state index in [1.807, 2.05) is 26.0 Å². The zero-order chi connectivity index (χ0) is 7.82. The lowest BCUT2D eigenvalue weighted by Gasteiger charge is -2.01. The van der Waals surface area contributed by atoms with E-state index >= 15 is 0 Å². The molecule has 0 aromatic heterocycles. The Morgan fingerprint density at radius 1 is 1.60 bits per heavy atom. The number of hydrogen-bond donors (Lipinski definition) is 1. The van der Waals surface area contributed by atoms with E-state index in [4.69, 9.17) is 5.11 Å². The molecule has 0 saturated carbocycles. The lowest BCUT2D eigenvalue weighted by atomic mass is 10.2. The Kier molecular flexibility index (Phi) is 6.08. The third kappa shape index (κ3) is 4.27. The number of rotatable bonds is 4. The third-order valence-corrected chi connectivity index (χ3v) is 1.26. The Bertz CT molecular complexity index is 114. The summed E-state index contributed by atoms with van der Waals surface area (Å²) in [5.41, 5.74) is 0. The fraction of sp³-hybridized carbons (Fsp3) is 0.625. The van der Waals surface area contributed by atoms with Crippen molar-refractivity contribution in [3.05, 3.63) is 12.2 Å². The predicted molar refractivity (Wildman–Crippen MR) is 44.5 cm³/mol. The summed E-state index contributed by atoms with van der Waals surface area (Å²) in [6.45, 7) is 4.09. The Morgan fingerprint density at radius 3 is 2.70 bits per heavy atom. The zero-order valence-electron chi connectivity index (χ0n) is 6.62. The average molecular weight is 141 g/mol. The van der Waals surface area contributed by atoms with E-state index in [0.717, 1.165) is 6.42 Å². The molecule has 0 aromatic carbocycles. The molecule has 0 bridgehead atoms. The summed E-state index contributed by atoms with van der Waals surface area (Å²) in [6.07, 6.45) is 6.39. The van der Waals surface area contributed by atoms with Crippen molar-refractivity contribution in [2.45, 2.75) is 26.3 Å². The van der Waals surface area contributed by atoms with Crippen LogP contribution in [0.15, 0.2) is 17.1 Å². The van der Waals surface area contributed by atoms with Gasteiger partial charge in [-0.2, -0.15) is 0 Å². The second kappa shape index (κ2) is 6.49. The highest BCUT2D eigenvalue weighted by Crippen LogP contribution is 1.93. The molecule has 2 heteroatoms. The Hall–Kier alpha value is -0.630.